The third-order valence-corrected chi connectivity index (χ3v) is 3.51. The van der Waals surface area contributed by atoms with Gasteiger partial charge < -0.3 is 4.74 Å². The first-order valence-corrected chi connectivity index (χ1v) is 7.96. The average molecular weight is 353 g/mol. The highest BCUT2D eigenvalue weighted by molar-refractivity contribution is 6.37. The maximum atomic E-state index is 12.1. The minimum Gasteiger partial charge on any atom is -0.488 e. The number of carbonyl (C=O) groups excluding carboxylic acids is 1. The van der Waals surface area contributed by atoms with Crippen LogP contribution in [0.3, 0.4) is 0 Å². The zero-order valence-corrected chi connectivity index (χ0v) is 14.4. The molecule has 2 rings (SSSR count). The SMILES string of the molecule is CC(C)Oc1c(Cl)cc(C(=O)NNCc2ccccc2)cc1Cl. The summed E-state index contributed by atoms with van der Waals surface area (Å²) in [5.74, 6) is 0.0676. The van der Waals surface area contributed by atoms with Crippen LogP contribution in [0, 0.1) is 0 Å². The second kappa shape index (κ2) is 8.20. The zero-order valence-electron chi connectivity index (χ0n) is 12.9. The van der Waals surface area contributed by atoms with Crippen molar-refractivity contribution >= 4 is 29.1 Å². The van der Waals surface area contributed by atoms with Gasteiger partial charge in [0.15, 0.2) is 5.75 Å². The van der Waals surface area contributed by atoms with Crippen LogP contribution >= 0.6 is 23.2 Å². The van der Waals surface area contributed by atoms with Gasteiger partial charge in [-0.05, 0) is 31.5 Å². The normalized spacial score (nSPS) is 10.7. The monoisotopic (exact) mass is 352 g/mol. The van der Waals surface area contributed by atoms with Crippen molar-refractivity contribution in [2.45, 2.75) is 26.5 Å². The number of hydrazine groups is 1. The molecule has 0 aliphatic carbocycles. The van der Waals surface area contributed by atoms with Crippen LogP contribution in [0.15, 0.2) is 42.5 Å². The van der Waals surface area contributed by atoms with E-state index in [9.17, 15) is 4.79 Å². The molecule has 0 aliphatic heterocycles. The molecular weight excluding hydrogens is 335 g/mol. The summed E-state index contributed by atoms with van der Waals surface area (Å²) in [5.41, 5.74) is 6.90. The van der Waals surface area contributed by atoms with Gasteiger partial charge in [0.1, 0.15) is 0 Å². The fraction of sp³-hybridized carbons (Fsp3) is 0.235. The maximum Gasteiger partial charge on any atom is 0.265 e. The fourth-order valence-electron chi connectivity index (χ4n) is 1.93. The summed E-state index contributed by atoms with van der Waals surface area (Å²) < 4.78 is 5.54. The predicted octanol–water partition coefficient (Wildman–Crippen LogP) is 4.22. The van der Waals surface area contributed by atoms with Crippen LogP contribution in [0.4, 0.5) is 0 Å². The van der Waals surface area contributed by atoms with E-state index in [1.165, 1.54) is 12.1 Å². The second-order valence-electron chi connectivity index (χ2n) is 5.23. The van der Waals surface area contributed by atoms with Crippen LogP contribution in [-0.2, 0) is 6.54 Å². The Bertz CT molecular complexity index is 653. The summed E-state index contributed by atoms with van der Waals surface area (Å²) in [7, 11) is 0. The molecule has 2 aromatic carbocycles. The summed E-state index contributed by atoms with van der Waals surface area (Å²) >= 11 is 12.3. The smallest absolute Gasteiger partial charge is 0.265 e. The number of rotatable bonds is 6. The molecule has 4 nitrogen and oxygen atoms in total. The molecule has 0 bridgehead atoms. The molecule has 23 heavy (non-hydrogen) atoms. The molecule has 0 atom stereocenters. The Morgan fingerprint density at radius 2 is 1.74 bits per heavy atom. The van der Waals surface area contributed by atoms with Crippen molar-refractivity contribution in [3.05, 3.63) is 63.6 Å². The molecule has 0 heterocycles. The van der Waals surface area contributed by atoms with Gasteiger partial charge in [-0.3, -0.25) is 10.2 Å². The molecule has 2 N–H and O–H groups in total. The molecule has 122 valence electrons. The van der Waals surface area contributed by atoms with E-state index in [-0.39, 0.29) is 12.0 Å². The lowest BCUT2D eigenvalue weighted by molar-refractivity contribution is 0.0932. The van der Waals surface area contributed by atoms with Gasteiger partial charge in [0.25, 0.3) is 5.91 Å². The van der Waals surface area contributed by atoms with Crippen molar-refractivity contribution in [1.82, 2.24) is 10.9 Å². The van der Waals surface area contributed by atoms with E-state index in [2.05, 4.69) is 10.9 Å². The van der Waals surface area contributed by atoms with Crippen molar-refractivity contribution in [3.63, 3.8) is 0 Å². The third-order valence-electron chi connectivity index (χ3n) is 2.95. The van der Waals surface area contributed by atoms with Crippen LogP contribution in [0.1, 0.15) is 29.8 Å². The number of hydrogen-bond donors (Lipinski definition) is 2. The maximum absolute atomic E-state index is 12.1. The molecule has 0 saturated carbocycles. The first kappa shape index (κ1) is 17.6. The highest BCUT2D eigenvalue weighted by Gasteiger charge is 2.15. The van der Waals surface area contributed by atoms with Crippen molar-refractivity contribution in [1.29, 1.82) is 0 Å². The molecule has 6 heteroatoms. The van der Waals surface area contributed by atoms with Crippen LogP contribution in [0.25, 0.3) is 0 Å². The Hall–Kier alpha value is -1.75. The first-order valence-electron chi connectivity index (χ1n) is 7.20. The van der Waals surface area contributed by atoms with Gasteiger partial charge in [-0.1, -0.05) is 53.5 Å². The molecular formula is C17H18Cl2N2O2. The lowest BCUT2D eigenvalue weighted by atomic mass is 10.2. The summed E-state index contributed by atoms with van der Waals surface area (Å²) in [6.07, 6.45) is -0.0581. The van der Waals surface area contributed by atoms with E-state index in [4.69, 9.17) is 27.9 Å². The number of ether oxygens (including phenoxy) is 1. The Morgan fingerprint density at radius 3 is 2.30 bits per heavy atom. The number of benzene rings is 2. The number of carbonyl (C=O) groups is 1. The number of hydrogen-bond acceptors (Lipinski definition) is 3. The van der Waals surface area contributed by atoms with Gasteiger partial charge in [-0.2, -0.15) is 0 Å². The van der Waals surface area contributed by atoms with Crippen molar-refractivity contribution in [2.24, 2.45) is 0 Å². The van der Waals surface area contributed by atoms with Crippen LogP contribution in [0.2, 0.25) is 10.0 Å². The highest BCUT2D eigenvalue weighted by Crippen LogP contribution is 2.34. The van der Waals surface area contributed by atoms with Crippen LogP contribution < -0.4 is 15.6 Å². The van der Waals surface area contributed by atoms with E-state index < -0.39 is 0 Å². The highest BCUT2D eigenvalue weighted by atomic mass is 35.5. The Kier molecular flexibility index (Phi) is 6.28. The molecule has 0 saturated heterocycles. The topological polar surface area (TPSA) is 50.4 Å². The lowest BCUT2D eigenvalue weighted by Crippen LogP contribution is -2.36. The van der Waals surface area contributed by atoms with Gasteiger partial charge >= 0.3 is 0 Å². The Balaban J connectivity index is 1.99. The number of nitrogens with one attached hydrogen (secondary N) is 2. The van der Waals surface area contributed by atoms with Crippen LogP contribution in [0.5, 0.6) is 5.75 Å². The first-order chi connectivity index (χ1) is 11.0. The standard InChI is InChI=1S/C17H18Cl2N2O2/c1-11(2)23-16-14(18)8-13(9-15(16)19)17(22)21-20-10-12-6-4-3-5-7-12/h3-9,11,20H,10H2,1-2H3,(H,21,22). The van der Waals surface area contributed by atoms with E-state index in [0.29, 0.717) is 27.9 Å². The van der Waals surface area contributed by atoms with Crippen molar-refractivity contribution in [2.75, 3.05) is 0 Å². The number of amides is 1. The van der Waals surface area contributed by atoms with E-state index in [1.807, 2.05) is 44.2 Å². The number of halogens is 2. The summed E-state index contributed by atoms with van der Waals surface area (Å²) in [6.45, 7) is 4.27. The van der Waals surface area contributed by atoms with Crippen molar-refractivity contribution in [3.8, 4) is 5.75 Å². The summed E-state index contributed by atoms with van der Waals surface area (Å²) in [5, 5.41) is 0.610. The lowest BCUT2D eigenvalue weighted by Gasteiger charge is -2.14. The van der Waals surface area contributed by atoms with E-state index in [0.717, 1.165) is 5.56 Å². The van der Waals surface area contributed by atoms with E-state index in [1.54, 1.807) is 0 Å². The molecule has 0 aliphatic rings. The molecule has 0 unspecified atom stereocenters. The molecule has 0 spiro atoms. The molecule has 1 amide bonds. The second-order valence-corrected chi connectivity index (χ2v) is 6.04. The van der Waals surface area contributed by atoms with Gasteiger partial charge in [0.2, 0.25) is 0 Å². The van der Waals surface area contributed by atoms with E-state index >= 15 is 0 Å². The molecule has 0 fully saturated rings. The molecule has 0 radical (unpaired) electrons. The third kappa shape index (κ3) is 5.13. The average Bonchev–Trinajstić information content (AvgIpc) is 2.51. The Morgan fingerprint density at radius 1 is 1.13 bits per heavy atom. The largest absolute Gasteiger partial charge is 0.488 e. The Labute approximate surface area is 145 Å². The summed E-state index contributed by atoms with van der Waals surface area (Å²) in [4.78, 5) is 12.1. The minimum atomic E-state index is -0.319. The van der Waals surface area contributed by atoms with Gasteiger partial charge in [0.05, 0.1) is 16.1 Å². The minimum absolute atomic E-state index is 0.0581. The fourth-order valence-corrected chi connectivity index (χ4v) is 2.51. The predicted molar refractivity (Wildman–Crippen MR) is 93.0 cm³/mol. The zero-order chi connectivity index (χ0) is 16.8. The van der Waals surface area contributed by atoms with Crippen LogP contribution in [-0.4, -0.2) is 12.0 Å². The quantitative estimate of drug-likeness (QED) is 0.765. The molecule has 0 aromatic heterocycles. The van der Waals surface area contributed by atoms with Gasteiger partial charge in [-0.25, -0.2) is 5.43 Å². The van der Waals surface area contributed by atoms with Gasteiger partial charge in [0, 0.05) is 12.1 Å². The summed E-state index contributed by atoms with van der Waals surface area (Å²) in [6, 6.07) is 12.8. The molecule has 2 aromatic rings. The van der Waals surface area contributed by atoms with Gasteiger partial charge in [-0.15, -0.1) is 0 Å². The van der Waals surface area contributed by atoms with Crippen molar-refractivity contribution < 1.29 is 9.53 Å².